The quantitative estimate of drug-likeness (QED) is 0.862. The van der Waals surface area contributed by atoms with Crippen molar-refractivity contribution in [2.24, 2.45) is 0 Å². The average molecular weight is 307 g/mol. The van der Waals surface area contributed by atoms with Crippen LogP contribution in [0.25, 0.3) is 0 Å². The largest absolute Gasteiger partial charge is 0.464 e. The van der Waals surface area contributed by atoms with Gasteiger partial charge in [-0.05, 0) is 11.4 Å². The molecule has 0 atom stereocenters. The van der Waals surface area contributed by atoms with Gasteiger partial charge in [-0.1, -0.05) is 26.8 Å². The number of nitrogens with zero attached hydrogens (tertiary/aromatic N) is 2. The predicted molar refractivity (Wildman–Crippen MR) is 84.7 cm³/mol. The molecule has 21 heavy (non-hydrogen) atoms. The summed E-state index contributed by atoms with van der Waals surface area (Å²) in [4.78, 5) is 17.3. The van der Waals surface area contributed by atoms with Gasteiger partial charge in [0.2, 0.25) is 0 Å². The maximum atomic E-state index is 11.7. The van der Waals surface area contributed by atoms with Gasteiger partial charge in [0.1, 0.15) is 11.6 Å². The molecule has 0 aliphatic heterocycles. The van der Waals surface area contributed by atoms with Gasteiger partial charge in [0.15, 0.2) is 5.69 Å². The van der Waals surface area contributed by atoms with Crippen LogP contribution >= 0.6 is 11.3 Å². The van der Waals surface area contributed by atoms with Gasteiger partial charge in [0, 0.05) is 23.3 Å². The maximum absolute atomic E-state index is 11.7. The van der Waals surface area contributed by atoms with Gasteiger partial charge in [0.05, 0.1) is 7.11 Å². The second kappa shape index (κ2) is 5.89. The Kier molecular flexibility index (Phi) is 4.37. The zero-order chi connectivity index (χ0) is 15.6. The van der Waals surface area contributed by atoms with E-state index in [0.717, 1.165) is 5.82 Å². The lowest BCUT2D eigenvalue weighted by Gasteiger charge is -2.25. The molecule has 2 heterocycles. The van der Waals surface area contributed by atoms with Crippen molar-refractivity contribution >= 4 is 23.1 Å². The highest BCUT2D eigenvalue weighted by Crippen LogP contribution is 2.31. The number of esters is 1. The van der Waals surface area contributed by atoms with Gasteiger partial charge in [0.25, 0.3) is 0 Å². The predicted octanol–water partition coefficient (Wildman–Crippen LogP) is 2.85. The van der Waals surface area contributed by atoms with Crippen LogP contribution in [0.1, 0.15) is 42.0 Å². The lowest BCUT2D eigenvalue weighted by molar-refractivity contribution is 0.0595. The van der Waals surface area contributed by atoms with E-state index in [1.165, 1.54) is 12.0 Å². The number of nitrogen functional groups attached to an aromatic ring is 1. The third-order valence-electron chi connectivity index (χ3n) is 3.52. The SMILES string of the molecule is CCc1nc(C(=O)OC)c(N)n1CC(C)(C)c1cccs1. The lowest BCUT2D eigenvalue weighted by Crippen LogP contribution is -2.25. The van der Waals surface area contributed by atoms with Crippen molar-refractivity contribution < 1.29 is 9.53 Å². The van der Waals surface area contributed by atoms with Crippen LogP contribution in [0.15, 0.2) is 17.5 Å². The first-order chi connectivity index (χ1) is 9.90. The first-order valence-corrected chi connectivity index (χ1v) is 7.75. The summed E-state index contributed by atoms with van der Waals surface area (Å²) in [6.07, 6.45) is 0.710. The van der Waals surface area contributed by atoms with Crippen LogP contribution in [0.5, 0.6) is 0 Å². The molecule has 2 N–H and O–H groups in total. The summed E-state index contributed by atoms with van der Waals surface area (Å²) in [6.45, 7) is 7.00. The van der Waals surface area contributed by atoms with Crippen molar-refractivity contribution in [1.29, 1.82) is 0 Å². The fraction of sp³-hybridized carbons (Fsp3) is 0.467. The average Bonchev–Trinajstić information content (AvgIpc) is 3.08. The lowest BCUT2D eigenvalue weighted by atomic mass is 9.91. The molecule has 114 valence electrons. The number of aryl methyl sites for hydroxylation is 1. The smallest absolute Gasteiger partial charge is 0.360 e. The first kappa shape index (κ1) is 15.6. The summed E-state index contributed by atoms with van der Waals surface area (Å²) in [7, 11) is 1.34. The number of nitrogens with two attached hydrogens (primary N) is 1. The number of thiophene rings is 1. The van der Waals surface area contributed by atoms with Crippen molar-refractivity contribution in [1.82, 2.24) is 9.55 Å². The molecule has 0 saturated heterocycles. The topological polar surface area (TPSA) is 70.1 Å². The summed E-state index contributed by atoms with van der Waals surface area (Å²) in [5, 5.41) is 2.06. The van der Waals surface area contributed by atoms with E-state index in [1.54, 1.807) is 11.3 Å². The van der Waals surface area contributed by atoms with Crippen molar-refractivity contribution in [3.8, 4) is 0 Å². The van der Waals surface area contributed by atoms with Crippen molar-refractivity contribution in [3.63, 3.8) is 0 Å². The van der Waals surface area contributed by atoms with E-state index in [9.17, 15) is 4.79 Å². The minimum Gasteiger partial charge on any atom is -0.464 e. The number of hydrogen-bond donors (Lipinski definition) is 1. The Morgan fingerprint density at radius 1 is 1.52 bits per heavy atom. The Morgan fingerprint density at radius 2 is 2.24 bits per heavy atom. The third kappa shape index (κ3) is 2.95. The van der Waals surface area contributed by atoms with Gasteiger partial charge >= 0.3 is 5.97 Å². The van der Waals surface area contributed by atoms with Gasteiger partial charge in [-0.25, -0.2) is 9.78 Å². The van der Waals surface area contributed by atoms with Crippen LogP contribution < -0.4 is 5.73 Å². The number of hydrogen-bond acceptors (Lipinski definition) is 5. The summed E-state index contributed by atoms with van der Waals surface area (Å²) in [6, 6.07) is 4.16. The molecule has 0 bridgehead atoms. The third-order valence-corrected chi connectivity index (χ3v) is 4.76. The number of rotatable bonds is 5. The molecule has 0 unspecified atom stereocenters. The molecule has 0 aliphatic carbocycles. The zero-order valence-corrected chi connectivity index (χ0v) is 13.7. The molecule has 2 aromatic heterocycles. The van der Waals surface area contributed by atoms with E-state index in [1.807, 2.05) is 17.6 Å². The van der Waals surface area contributed by atoms with Crippen molar-refractivity contribution in [3.05, 3.63) is 33.9 Å². The van der Waals surface area contributed by atoms with E-state index >= 15 is 0 Å². The molecule has 0 fully saturated rings. The molecule has 2 aromatic rings. The zero-order valence-electron chi connectivity index (χ0n) is 12.8. The van der Waals surface area contributed by atoms with Crippen molar-refractivity contribution in [2.45, 2.75) is 39.2 Å². The van der Waals surface area contributed by atoms with Gasteiger partial charge < -0.3 is 15.0 Å². The first-order valence-electron chi connectivity index (χ1n) is 6.88. The Hall–Kier alpha value is -1.82. The number of carbonyl (C=O) groups is 1. The van der Waals surface area contributed by atoms with E-state index in [-0.39, 0.29) is 11.1 Å². The van der Waals surface area contributed by atoms with E-state index in [0.29, 0.717) is 18.8 Å². The fourth-order valence-corrected chi connectivity index (χ4v) is 3.19. The number of imidazole rings is 1. The van der Waals surface area contributed by atoms with Crippen LogP contribution in [-0.4, -0.2) is 22.6 Å². The highest BCUT2D eigenvalue weighted by molar-refractivity contribution is 7.10. The minimum atomic E-state index is -0.491. The van der Waals surface area contributed by atoms with Gasteiger partial charge in [-0.3, -0.25) is 0 Å². The number of anilines is 1. The molecule has 6 heteroatoms. The molecular weight excluding hydrogens is 286 g/mol. The molecule has 0 aromatic carbocycles. The second-order valence-corrected chi connectivity index (χ2v) is 6.50. The van der Waals surface area contributed by atoms with Crippen LogP contribution in [0, 0.1) is 0 Å². The molecule has 0 amide bonds. The van der Waals surface area contributed by atoms with Crippen LogP contribution in [0.4, 0.5) is 5.82 Å². The van der Waals surface area contributed by atoms with Crippen LogP contribution in [-0.2, 0) is 23.1 Å². The number of ether oxygens (including phenoxy) is 1. The Morgan fingerprint density at radius 3 is 2.76 bits per heavy atom. The van der Waals surface area contributed by atoms with Crippen molar-refractivity contribution in [2.75, 3.05) is 12.8 Å². The molecule has 5 nitrogen and oxygen atoms in total. The molecule has 0 radical (unpaired) electrons. The van der Waals surface area contributed by atoms with Crippen LogP contribution in [0.3, 0.4) is 0 Å². The number of carbonyl (C=O) groups excluding carboxylic acids is 1. The van der Waals surface area contributed by atoms with E-state index in [2.05, 4.69) is 30.3 Å². The summed E-state index contributed by atoms with van der Waals surface area (Å²) >= 11 is 1.72. The molecule has 0 spiro atoms. The Labute approximate surface area is 128 Å². The number of aromatic nitrogens is 2. The monoisotopic (exact) mass is 307 g/mol. The highest BCUT2D eigenvalue weighted by atomic mass is 32.1. The molecule has 0 aliphatic rings. The summed E-state index contributed by atoms with van der Waals surface area (Å²) < 4.78 is 6.66. The van der Waals surface area contributed by atoms with Gasteiger partial charge in [-0.15, -0.1) is 11.3 Å². The Balaban J connectivity index is 2.40. The van der Waals surface area contributed by atoms with Crippen LogP contribution in [0.2, 0.25) is 0 Å². The summed E-state index contributed by atoms with van der Waals surface area (Å²) in [5.74, 6) is 0.691. The van der Waals surface area contributed by atoms with E-state index < -0.39 is 5.97 Å². The second-order valence-electron chi connectivity index (χ2n) is 5.55. The maximum Gasteiger partial charge on any atom is 0.360 e. The number of methoxy groups -OCH3 is 1. The highest BCUT2D eigenvalue weighted by Gasteiger charge is 2.27. The van der Waals surface area contributed by atoms with E-state index in [4.69, 9.17) is 10.5 Å². The molecule has 0 saturated carbocycles. The minimum absolute atomic E-state index is 0.0830. The Bertz CT molecular complexity index is 630. The molecular formula is C15H21N3O2S. The fourth-order valence-electron chi connectivity index (χ4n) is 2.34. The normalized spacial score (nSPS) is 11.6. The summed E-state index contributed by atoms with van der Waals surface area (Å²) in [5.41, 5.74) is 6.24. The standard InChI is InChI=1S/C15H21N3O2S/c1-5-11-17-12(14(19)20-4)13(16)18(11)9-15(2,3)10-7-6-8-21-10/h6-8H,5,9,16H2,1-4H3. The molecule has 2 rings (SSSR count). The van der Waals surface area contributed by atoms with Gasteiger partial charge in [-0.2, -0.15) is 0 Å².